The molecule has 1 aromatic rings. The molecule has 0 unspecified atom stereocenters. The molecule has 0 aliphatic carbocycles. The van der Waals surface area contributed by atoms with Gasteiger partial charge < -0.3 is 10.5 Å². The van der Waals surface area contributed by atoms with E-state index < -0.39 is 0 Å². The van der Waals surface area contributed by atoms with Crippen LogP contribution in [0.15, 0.2) is 6.07 Å². The number of hydrogen-bond donors (Lipinski definition) is 1. The van der Waals surface area contributed by atoms with Gasteiger partial charge in [0.1, 0.15) is 11.6 Å². The Kier molecular flexibility index (Phi) is 4.45. The molecule has 0 atom stereocenters. The Morgan fingerprint density at radius 1 is 1.47 bits per heavy atom. The van der Waals surface area contributed by atoms with E-state index in [4.69, 9.17) is 10.5 Å². The minimum atomic E-state index is 0.526. The van der Waals surface area contributed by atoms with Crippen molar-refractivity contribution in [2.75, 3.05) is 33.0 Å². The van der Waals surface area contributed by atoms with Crippen molar-refractivity contribution >= 4 is 5.82 Å². The van der Waals surface area contributed by atoms with Crippen molar-refractivity contribution in [2.24, 2.45) is 0 Å². The number of aromatic nitrogens is 2. The zero-order valence-corrected chi connectivity index (χ0v) is 9.53. The molecule has 0 saturated heterocycles. The largest absolute Gasteiger partial charge is 0.384 e. The van der Waals surface area contributed by atoms with Gasteiger partial charge in [0.15, 0.2) is 0 Å². The Morgan fingerprint density at radius 2 is 2.20 bits per heavy atom. The Morgan fingerprint density at radius 3 is 2.80 bits per heavy atom. The first-order valence-electron chi connectivity index (χ1n) is 4.89. The number of nitrogens with zero attached hydrogens (tertiary/aromatic N) is 3. The maximum absolute atomic E-state index is 5.64. The van der Waals surface area contributed by atoms with E-state index in [9.17, 15) is 0 Å². The van der Waals surface area contributed by atoms with E-state index in [1.807, 2.05) is 14.0 Å². The number of rotatable bonds is 5. The van der Waals surface area contributed by atoms with Gasteiger partial charge in [-0.15, -0.1) is 0 Å². The van der Waals surface area contributed by atoms with Crippen LogP contribution in [0.5, 0.6) is 0 Å². The minimum Gasteiger partial charge on any atom is -0.384 e. The molecule has 2 N–H and O–H groups in total. The van der Waals surface area contributed by atoms with E-state index in [-0.39, 0.29) is 0 Å². The maximum atomic E-state index is 5.64. The standard InChI is InChI=1S/C10H18N4O/c1-8-6-9(11)13-10(12-8)7-14(2)4-5-15-3/h6H,4-5,7H2,1-3H3,(H2,11,12,13). The molecule has 84 valence electrons. The van der Waals surface area contributed by atoms with Crippen molar-refractivity contribution in [3.05, 3.63) is 17.6 Å². The van der Waals surface area contributed by atoms with Gasteiger partial charge in [0.05, 0.1) is 13.2 Å². The second-order valence-corrected chi connectivity index (χ2v) is 3.58. The van der Waals surface area contributed by atoms with Crippen molar-refractivity contribution < 1.29 is 4.74 Å². The highest BCUT2D eigenvalue weighted by molar-refractivity contribution is 5.29. The maximum Gasteiger partial charge on any atom is 0.144 e. The fourth-order valence-corrected chi connectivity index (χ4v) is 1.29. The summed E-state index contributed by atoms with van der Waals surface area (Å²) in [5.74, 6) is 1.28. The Bertz CT molecular complexity index is 296. The molecule has 15 heavy (non-hydrogen) atoms. The lowest BCUT2D eigenvalue weighted by Crippen LogP contribution is -2.23. The summed E-state index contributed by atoms with van der Waals surface area (Å²) in [6, 6.07) is 1.76. The van der Waals surface area contributed by atoms with Gasteiger partial charge in [-0.1, -0.05) is 0 Å². The molecule has 1 heterocycles. The SMILES string of the molecule is COCCN(C)Cc1nc(C)cc(N)n1. The summed E-state index contributed by atoms with van der Waals surface area (Å²) in [5.41, 5.74) is 6.54. The second kappa shape index (κ2) is 5.63. The first-order valence-corrected chi connectivity index (χ1v) is 4.89. The summed E-state index contributed by atoms with van der Waals surface area (Å²) >= 11 is 0. The van der Waals surface area contributed by atoms with Gasteiger partial charge in [-0.05, 0) is 14.0 Å². The molecule has 0 aliphatic rings. The Labute approximate surface area is 90.3 Å². The molecule has 5 heteroatoms. The van der Waals surface area contributed by atoms with E-state index in [1.165, 1.54) is 0 Å². The summed E-state index contributed by atoms with van der Waals surface area (Å²) in [5, 5.41) is 0. The summed E-state index contributed by atoms with van der Waals surface area (Å²) in [6.45, 7) is 4.16. The number of methoxy groups -OCH3 is 1. The predicted molar refractivity (Wildman–Crippen MR) is 59.4 cm³/mol. The summed E-state index contributed by atoms with van der Waals surface area (Å²) in [4.78, 5) is 10.6. The van der Waals surface area contributed by atoms with Crippen LogP contribution in [0.25, 0.3) is 0 Å². The number of likely N-dealkylation sites (N-methyl/N-ethyl adjacent to an activating group) is 1. The van der Waals surface area contributed by atoms with Crippen LogP contribution in [0.4, 0.5) is 5.82 Å². The molecule has 0 saturated carbocycles. The molecule has 0 amide bonds. The number of hydrogen-bond acceptors (Lipinski definition) is 5. The first-order chi connectivity index (χ1) is 7.11. The highest BCUT2D eigenvalue weighted by Crippen LogP contribution is 2.03. The number of anilines is 1. The zero-order chi connectivity index (χ0) is 11.3. The molecule has 0 fully saturated rings. The number of nitrogens with two attached hydrogens (primary N) is 1. The molecule has 1 rings (SSSR count). The average Bonchev–Trinajstić information content (AvgIpc) is 2.13. The Balaban J connectivity index is 2.56. The zero-order valence-electron chi connectivity index (χ0n) is 9.53. The van der Waals surface area contributed by atoms with Crippen LogP contribution >= 0.6 is 0 Å². The highest BCUT2D eigenvalue weighted by atomic mass is 16.5. The van der Waals surface area contributed by atoms with Crippen LogP contribution in [0, 0.1) is 6.92 Å². The monoisotopic (exact) mass is 210 g/mol. The normalized spacial score (nSPS) is 10.9. The van der Waals surface area contributed by atoms with Crippen LogP contribution in [-0.4, -0.2) is 42.2 Å². The van der Waals surface area contributed by atoms with E-state index in [2.05, 4.69) is 14.9 Å². The third-order valence-corrected chi connectivity index (χ3v) is 2.01. The fourth-order valence-electron chi connectivity index (χ4n) is 1.29. The Hall–Kier alpha value is -1.20. The van der Waals surface area contributed by atoms with Gasteiger partial charge in [0.2, 0.25) is 0 Å². The third kappa shape index (κ3) is 4.22. The summed E-state index contributed by atoms with van der Waals surface area (Å²) in [7, 11) is 3.69. The molecular formula is C10H18N4O. The van der Waals surface area contributed by atoms with Crippen molar-refractivity contribution in [1.82, 2.24) is 14.9 Å². The molecule has 0 bridgehead atoms. The van der Waals surface area contributed by atoms with Crippen molar-refractivity contribution in [1.29, 1.82) is 0 Å². The number of nitrogen functional groups attached to an aromatic ring is 1. The molecule has 0 aliphatic heterocycles. The average molecular weight is 210 g/mol. The second-order valence-electron chi connectivity index (χ2n) is 3.58. The van der Waals surface area contributed by atoms with Gasteiger partial charge in [-0.2, -0.15) is 0 Å². The lowest BCUT2D eigenvalue weighted by Gasteiger charge is -2.15. The highest BCUT2D eigenvalue weighted by Gasteiger charge is 2.04. The predicted octanol–water partition coefficient (Wildman–Crippen LogP) is 0.445. The molecule has 0 aromatic carbocycles. The van der Waals surface area contributed by atoms with Crippen LogP contribution in [0.3, 0.4) is 0 Å². The van der Waals surface area contributed by atoms with Gasteiger partial charge >= 0.3 is 0 Å². The van der Waals surface area contributed by atoms with E-state index in [0.717, 1.165) is 18.1 Å². The smallest absolute Gasteiger partial charge is 0.144 e. The van der Waals surface area contributed by atoms with Crippen LogP contribution in [-0.2, 0) is 11.3 Å². The fraction of sp³-hybridized carbons (Fsp3) is 0.600. The molecular weight excluding hydrogens is 192 g/mol. The van der Waals surface area contributed by atoms with Crippen LogP contribution < -0.4 is 5.73 Å². The van der Waals surface area contributed by atoms with Crippen LogP contribution in [0.1, 0.15) is 11.5 Å². The number of aryl methyl sites for hydroxylation is 1. The first kappa shape index (κ1) is 11.9. The van der Waals surface area contributed by atoms with E-state index in [1.54, 1.807) is 13.2 Å². The summed E-state index contributed by atoms with van der Waals surface area (Å²) < 4.78 is 4.99. The van der Waals surface area contributed by atoms with Crippen LogP contribution in [0.2, 0.25) is 0 Å². The molecule has 1 aromatic heterocycles. The van der Waals surface area contributed by atoms with Gasteiger partial charge in [-0.25, -0.2) is 9.97 Å². The minimum absolute atomic E-state index is 0.526. The topological polar surface area (TPSA) is 64.3 Å². The van der Waals surface area contributed by atoms with Gasteiger partial charge in [0.25, 0.3) is 0 Å². The van der Waals surface area contributed by atoms with Crippen molar-refractivity contribution in [2.45, 2.75) is 13.5 Å². The lowest BCUT2D eigenvalue weighted by atomic mass is 10.4. The summed E-state index contributed by atoms with van der Waals surface area (Å²) in [6.07, 6.45) is 0. The quantitative estimate of drug-likeness (QED) is 0.764. The van der Waals surface area contributed by atoms with E-state index >= 15 is 0 Å². The lowest BCUT2D eigenvalue weighted by molar-refractivity contribution is 0.157. The van der Waals surface area contributed by atoms with E-state index in [0.29, 0.717) is 19.0 Å². The van der Waals surface area contributed by atoms with Gasteiger partial charge in [-0.3, -0.25) is 4.90 Å². The van der Waals surface area contributed by atoms with Gasteiger partial charge in [0, 0.05) is 25.4 Å². The molecule has 5 nitrogen and oxygen atoms in total. The third-order valence-electron chi connectivity index (χ3n) is 2.01. The van der Waals surface area contributed by atoms with Crippen molar-refractivity contribution in [3.8, 4) is 0 Å². The number of ether oxygens (including phenoxy) is 1. The molecule has 0 spiro atoms. The molecule has 0 radical (unpaired) electrons. The van der Waals surface area contributed by atoms with Crippen molar-refractivity contribution in [3.63, 3.8) is 0 Å².